The van der Waals surface area contributed by atoms with Gasteiger partial charge in [0.25, 0.3) is 0 Å². The topological polar surface area (TPSA) is 67.1 Å². The number of rotatable bonds is 4. The molecule has 0 unspecified atom stereocenters. The summed E-state index contributed by atoms with van der Waals surface area (Å²) in [6, 6.07) is 4.31. The fourth-order valence-electron chi connectivity index (χ4n) is 3.14. The second-order valence-corrected chi connectivity index (χ2v) is 6.77. The molecule has 2 aromatic heterocycles. The van der Waals surface area contributed by atoms with Crippen LogP contribution in [-0.4, -0.2) is 43.1 Å². The van der Waals surface area contributed by atoms with Crippen molar-refractivity contribution in [3.63, 3.8) is 0 Å². The molecule has 0 bridgehead atoms. The molecule has 1 saturated heterocycles. The van der Waals surface area contributed by atoms with E-state index in [2.05, 4.69) is 40.1 Å². The molecule has 3 heterocycles. The highest BCUT2D eigenvalue weighted by molar-refractivity contribution is 5.19. The Morgan fingerprint density at radius 1 is 1.39 bits per heavy atom. The molecule has 1 atom stereocenters. The Hall–Kier alpha value is -1.79. The summed E-state index contributed by atoms with van der Waals surface area (Å²) in [5, 5.41) is 19.4. The summed E-state index contributed by atoms with van der Waals surface area (Å²) in [4.78, 5) is 6.63. The van der Waals surface area contributed by atoms with Crippen molar-refractivity contribution in [3.05, 3.63) is 41.5 Å². The third-order valence-corrected chi connectivity index (χ3v) is 4.58. The summed E-state index contributed by atoms with van der Waals surface area (Å²) >= 11 is 0. The SMILES string of the molecule is Cc1ncccc1CN1CCC[C@@](O)(c2cn(C(C)C)nn2)C1. The Morgan fingerprint density at radius 2 is 2.22 bits per heavy atom. The van der Waals surface area contributed by atoms with Crippen LogP contribution >= 0.6 is 0 Å². The van der Waals surface area contributed by atoms with Crippen LogP contribution < -0.4 is 0 Å². The third kappa shape index (κ3) is 3.43. The average molecular weight is 315 g/mol. The second kappa shape index (κ2) is 6.37. The van der Waals surface area contributed by atoms with Crippen LogP contribution in [0.5, 0.6) is 0 Å². The van der Waals surface area contributed by atoms with Crippen molar-refractivity contribution in [2.75, 3.05) is 13.1 Å². The molecule has 0 amide bonds. The largest absolute Gasteiger partial charge is 0.382 e. The lowest BCUT2D eigenvalue weighted by Crippen LogP contribution is -2.46. The van der Waals surface area contributed by atoms with Gasteiger partial charge in [-0.15, -0.1) is 5.10 Å². The van der Waals surface area contributed by atoms with Gasteiger partial charge < -0.3 is 5.11 Å². The predicted molar refractivity (Wildman–Crippen MR) is 87.8 cm³/mol. The lowest BCUT2D eigenvalue weighted by Gasteiger charge is -2.38. The van der Waals surface area contributed by atoms with Gasteiger partial charge in [0, 0.05) is 31.0 Å². The maximum atomic E-state index is 11.1. The number of pyridine rings is 1. The van der Waals surface area contributed by atoms with Crippen LogP contribution in [0, 0.1) is 6.92 Å². The van der Waals surface area contributed by atoms with E-state index in [4.69, 9.17) is 0 Å². The minimum atomic E-state index is -0.915. The van der Waals surface area contributed by atoms with E-state index in [0.717, 1.165) is 31.6 Å². The molecular weight excluding hydrogens is 290 g/mol. The van der Waals surface area contributed by atoms with Gasteiger partial charge in [-0.05, 0) is 51.8 Å². The smallest absolute Gasteiger partial charge is 0.123 e. The van der Waals surface area contributed by atoms with Gasteiger partial charge in [0.05, 0.1) is 6.20 Å². The van der Waals surface area contributed by atoms with Crippen LogP contribution in [0.1, 0.15) is 49.7 Å². The van der Waals surface area contributed by atoms with Crippen LogP contribution in [-0.2, 0) is 12.1 Å². The Kier molecular flexibility index (Phi) is 4.46. The number of aliphatic hydroxyl groups is 1. The first-order valence-electron chi connectivity index (χ1n) is 8.25. The molecule has 6 nitrogen and oxygen atoms in total. The van der Waals surface area contributed by atoms with Gasteiger partial charge in [0.15, 0.2) is 0 Å². The van der Waals surface area contributed by atoms with Crippen LogP contribution in [0.25, 0.3) is 0 Å². The van der Waals surface area contributed by atoms with Crippen molar-refractivity contribution in [1.82, 2.24) is 24.9 Å². The number of β-amino-alcohol motifs (C(OH)–C–C–N with tert-alkyl or cyclic N) is 1. The van der Waals surface area contributed by atoms with Crippen LogP contribution in [0.4, 0.5) is 0 Å². The summed E-state index contributed by atoms with van der Waals surface area (Å²) in [6.45, 7) is 8.51. The number of piperidine rings is 1. The number of aryl methyl sites for hydroxylation is 1. The van der Waals surface area contributed by atoms with E-state index in [1.165, 1.54) is 5.56 Å². The normalized spacial score (nSPS) is 22.7. The minimum absolute atomic E-state index is 0.248. The van der Waals surface area contributed by atoms with Crippen molar-refractivity contribution in [2.24, 2.45) is 0 Å². The average Bonchev–Trinajstić information content (AvgIpc) is 3.01. The van der Waals surface area contributed by atoms with Crippen LogP contribution in [0.2, 0.25) is 0 Å². The van der Waals surface area contributed by atoms with Crippen molar-refractivity contribution in [3.8, 4) is 0 Å². The fourth-order valence-corrected chi connectivity index (χ4v) is 3.14. The minimum Gasteiger partial charge on any atom is -0.382 e. The van der Waals surface area contributed by atoms with E-state index in [-0.39, 0.29) is 6.04 Å². The van der Waals surface area contributed by atoms with E-state index in [1.54, 1.807) is 4.68 Å². The zero-order valence-corrected chi connectivity index (χ0v) is 14.1. The summed E-state index contributed by atoms with van der Waals surface area (Å²) in [6.07, 6.45) is 5.37. The molecule has 23 heavy (non-hydrogen) atoms. The van der Waals surface area contributed by atoms with Crippen molar-refractivity contribution in [1.29, 1.82) is 0 Å². The maximum absolute atomic E-state index is 11.1. The molecule has 0 spiro atoms. The molecule has 6 heteroatoms. The number of hydrogen-bond acceptors (Lipinski definition) is 5. The van der Waals surface area contributed by atoms with Gasteiger partial charge >= 0.3 is 0 Å². The number of nitrogens with zero attached hydrogens (tertiary/aromatic N) is 5. The quantitative estimate of drug-likeness (QED) is 0.935. The molecular formula is C17H25N5O. The standard InChI is InChI=1S/C17H25N5O/c1-13(2)22-11-16(19-20-22)17(23)7-5-9-21(12-17)10-15-6-4-8-18-14(15)3/h4,6,8,11,13,23H,5,7,9-10,12H2,1-3H3/t17-/m0/s1. The predicted octanol–water partition coefficient (Wildman–Crippen LogP) is 2.05. The lowest BCUT2D eigenvalue weighted by molar-refractivity contribution is -0.0415. The molecule has 1 aliphatic rings. The number of likely N-dealkylation sites (tertiary alicyclic amines) is 1. The Morgan fingerprint density at radius 3 is 2.91 bits per heavy atom. The number of aromatic nitrogens is 4. The zero-order valence-electron chi connectivity index (χ0n) is 14.1. The van der Waals surface area contributed by atoms with Gasteiger partial charge in [-0.2, -0.15) is 0 Å². The van der Waals surface area contributed by atoms with Gasteiger partial charge in [-0.1, -0.05) is 11.3 Å². The maximum Gasteiger partial charge on any atom is 0.123 e. The van der Waals surface area contributed by atoms with E-state index < -0.39 is 5.60 Å². The van der Waals surface area contributed by atoms with Gasteiger partial charge in [-0.3, -0.25) is 9.88 Å². The molecule has 124 valence electrons. The Bertz CT molecular complexity index is 669. The molecule has 1 fully saturated rings. The summed E-state index contributed by atoms with van der Waals surface area (Å²) in [5.41, 5.74) is 2.02. The molecule has 0 aliphatic carbocycles. The van der Waals surface area contributed by atoms with E-state index in [0.29, 0.717) is 12.2 Å². The summed E-state index contributed by atoms with van der Waals surface area (Å²) < 4.78 is 1.80. The molecule has 1 N–H and O–H groups in total. The molecule has 1 aliphatic heterocycles. The highest BCUT2D eigenvalue weighted by Gasteiger charge is 2.37. The highest BCUT2D eigenvalue weighted by Crippen LogP contribution is 2.31. The molecule has 0 saturated carbocycles. The van der Waals surface area contributed by atoms with Gasteiger partial charge in [0.1, 0.15) is 11.3 Å². The van der Waals surface area contributed by atoms with Crippen molar-refractivity contribution >= 4 is 0 Å². The molecule has 0 aromatic carbocycles. The Labute approximate surface area is 137 Å². The first-order valence-corrected chi connectivity index (χ1v) is 8.25. The molecule has 0 radical (unpaired) electrons. The van der Waals surface area contributed by atoms with E-state index >= 15 is 0 Å². The first kappa shape index (κ1) is 16.1. The summed E-state index contributed by atoms with van der Waals surface area (Å²) in [5.74, 6) is 0. The third-order valence-electron chi connectivity index (χ3n) is 4.58. The van der Waals surface area contributed by atoms with Gasteiger partial charge in [-0.25, -0.2) is 4.68 Å². The monoisotopic (exact) mass is 315 g/mol. The Balaban J connectivity index is 1.75. The highest BCUT2D eigenvalue weighted by atomic mass is 16.3. The van der Waals surface area contributed by atoms with Crippen molar-refractivity contribution < 1.29 is 5.11 Å². The van der Waals surface area contributed by atoms with Crippen LogP contribution in [0.3, 0.4) is 0 Å². The fraction of sp³-hybridized carbons (Fsp3) is 0.588. The van der Waals surface area contributed by atoms with Crippen LogP contribution in [0.15, 0.2) is 24.5 Å². The summed E-state index contributed by atoms with van der Waals surface area (Å²) in [7, 11) is 0. The first-order chi connectivity index (χ1) is 11.0. The molecule has 2 aromatic rings. The van der Waals surface area contributed by atoms with Gasteiger partial charge in [0.2, 0.25) is 0 Å². The molecule has 3 rings (SSSR count). The van der Waals surface area contributed by atoms with E-state index in [1.807, 2.05) is 25.4 Å². The van der Waals surface area contributed by atoms with E-state index in [9.17, 15) is 5.11 Å². The van der Waals surface area contributed by atoms with Crippen molar-refractivity contribution in [2.45, 2.75) is 51.8 Å². The zero-order chi connectivity index (χ0) is 16.4. The number of hydrogen-bond donors (Lipinski definition) is 1. The lowest BCUT2D eigenvalue weighted by atomic mass is 9.89. The second-order valence-electron chi connectivity index (χ2n) is 6.77.